The maximum Gasteiger partial charge on any atom is -0.0152 e. The third-order valence-electron chi connectivity index (χ3n) is 5.34. The highest BCUT2D eigenvalue weighted by molar-refractivity contribution is 5.85. The second-order valence-corrected chi connectivity index (χ2v) is 6.84. The van der Waals surface area contributed by atoms with E-state index in [0.29, 0.717) is 5.92 Å². The van der Waals surface area contributed by atoms with Gasteiger partial charge in [-0.05, 0) is 72.1 Å². The zero-order chi connectivity index (χ0) is 17.6. The van der Waals surface area contributed by atoms with Gasteiger partial charge in [0, 0.05) is 0 Å². The summed E-state index contributed by atoms with van der Waals surface area (Å²) >= 11 is 0. The van der Waals surface area contributed by atoms with E-state index in [1.54, 1.807) is 0 Å². The minimum atomic E-state index is 0.602. The maximum atomic E-state index is 2.32. The molecule has 0 spiro atoms. The van der Waals surface area contributed by atoms with E-state index >= 15 is 0 Å². The lowest BCUT2D eigenvalue weighted by atomic mass is 9.84. The number of aryl methyl sites for hydroxylation is 2. The second-order valence-electron chi connectivity index (χ2n) is 6.84. The summed E-state index contributed by atoms with van der Waals surface area (Å²) in [6, 6.07) is 24.2. The molecule has 3 aromatic carbocycles. The quantitative estimate of drug-likeness (QED) is 0.448. The summed E-state index contributed by atoms with van der Waals surface area (Å²) < 4.78 is 0. The number of hydrogen-bond acceptors (Lipinski definition) is 0. The van der Waals surface area contributed by atoms with Crippen LogP contribution in [0.5, 0.6) is 0 Å². The molecule has 0 radical (unpaired) electrons. The Labute approximate surface area is 152 Å². The summed E-state index contributed by atoms with van der Waals surface area (Å²) in [5.41, 5.74) is 5.76. The largest absolute Gasteiger partial charge is 0.0836 e. The molecule has 0 heterocycles. The van der Waals surface area contributed by atoms with Crippen molar-refractivity contribution in [3.63, 3.8) is 0 Å². The van der Waals surface area contributed by atoms with Crippen molar-refractivity contribution in [2.75, 3.05) is 0 Å². The molecule has 0 fully saturated rings. The molecule has 1 atom stereocenters. The van der Waals surface area contributed by atoms with Gasteiger partial charge in [0.05, 0.1) is 0 Å². The minimum Gasteiger partial charge on any atom is -0.0836 e. The van der Waals surface area contributed by atoms with E-state index in [1.165, 1.54) is 45.9 Å². The number of hydrogen-bond donors (Lipinski definition) is 0. The van der Waals surface area contributed by atoms with Gasteiger partial charge >= 0.3 is 0 Å². The van der Waals surface area contributed by atoms with E-state index in [-0.39, 0.29) is 0 Å². The molecule has 3 rings (SSSR count). The zero-order valence-electron chi connectivity index (χ0n) is 15.6. The van der Waals surface area contributed by atoms with Crippen LogP contribution in [-0.2, 0) is 6.42 Å². The van der Waals surface area contributed by atoms with E-state index in [4.69, 9.17) is 0 Å². The van der Waals surface area contributed by atoms with Crippen molar-refractivity contribution in [2.24, 2.45) is 5.92 Å². The van der Waals surface area contributed by atoms with Crippen molar-refractivity contribution in [3.05, 3.63) is 89.5 Å². The molecule has 0 aliphatic rings. The Hall–Kier alpha value is -2.34. The van der Waals surface area contributed by atoms with Gasteiger partial charge in [-0.1, -0.05) is 79.7 Å². The van der Waals surface area contributed by atoms with E-state index in [1.807, 2.05) is 0 Å². The average molecular weight is 328 g/mol. The Morgan fingerprint density at radius 3 is 2.40 bits per heavy atom. The molecule has 0 saturated heterocycles. The topological polar surface area (TPSA) is 0 Å². The fourth-order valence-corrected chi connectivity index (χ4v) is 3.93. The van der Waals surface area contributed by atoms with Crippen molar-refractivity contribution >= 4 is 16.3 Å². The van der Waals surface area contributed by atoms with Gasteiger partial charge in [-0.15, -0.1) is 0 Å². The lowest BCUT2D eigenvalue weighted by Crippen LogP contribution is -2.06. The van der Waals surface area contributed by atoms with Crippen LogP contribution in [0.1, 0.15) is 43.4 Å². The summed E-state index contributed by atoms with van der Waals surface area (Å²) in [5.74, 6) is 0.602. The van der Waals surface area contributed by atoms with Crippen molar-refractivity contribution < 1.29 is 0 Å². The van der Waals surface area contributed by atoms with Gasteiger partial charge in [0.15, 0.2) is 0 Å². The Kier molecular flexibility index (Phi) is 5.71. The first-order valence-electron chi connectivity index (χ1n) is 9.43. The Morgan fingerprint density at radius 1 is 0.920 bits per heavy atom. The molecule has 0 N–H and O–H groups in total. The summed E-state index contributed by atoms with van der Waals surface area (Å²) in [6.07, 6.45) is 5.82. The first-order chi connectivity index (χ1) is 12.2. The summed E-state index contributed by atoms with van der Waals surface area (Å²) in [5, 5.41) is 2.75. The molecular weight excluding hydrogens is 300 g/mol. The van der Waals surface area contributed by atoms with Gasteiger partial charge in [-0.3, -0.25) is 0 Å². The fourth-order valence-electron chi connectivity index (χ4n) is 3.93. The van der Waals surface area contributed by atoms with Gasteiger partial charge in [0.25, 0.3) is 0 Å². The standard InChI is InChI=1S/C25H28/c1-4-20(23(5-2)24-15-8-6-11-19(24)3)17-18-22-14-10-13-21-12-7-9-16-25(21)22/h5-16,20H,4,17-18H2,1-3H3/b23-5-. The molecule has 0 bridgehead atoms. The highest BCUT2D eigenvalue weighted by Crippen LogP contribution is 2.32. The first kappa shape index (κ1) is 17.5. The number of allylic oxidation sites excluding steroid dienone is 2. The van der Waals surface area contributed by atoms with E-state index in [9.17, 15) is 0 Å². The fraction of sp³-hybridized carbons (Fsp3) is 0.280. The van der Waals surface area contributed by atoms with E-state index < -0.39 is 0 Å². The van der Waals surface area contributed by atoms with E-state index in [2.05, 4.69) is 93.6 Å². The van der Waals surface area contributed by atoms with Crippen LogP contribution in [0.25, 0.3) is 16.3 Å². The SMILES string of the molecule is C/C=C(\c1ccccc1C)C(CC)CCc1cccc2ccccc12. The van der Waals surface area contributed by atoms with Crippen LogP contribution in [0.3, 0.4) is 0 Å². The number of rotatable bonds is 6. The lowest BCUT2D eigenvalue weighted by molar-refractivity contribution is 0.589. The van der Waals surface area contributed by atoms with Crippen LogP contribution in [0.2, 0.25) is 0 Å². The third kappa shape index (κ3) is 3.85. The Morgan fingerprint density at radius 2 is 1.64 bits per heavy atom. The van der Waals surface area contributed by atoms with Crippen LogP contribution in [0.15, 0.2) is 72.8 Å². The molecular formula is C25H28. The monoisotopic (exact) mass is 328 g/mol. The Bertz CT molecular complexity index is 865. The van der Waals surface area contributed by atoms with Crippen LogP contribution in [0.4, 0.5) is 0 Å². The number of fused-ring (bicyclic) bond motifs is 1. The Balaban J connectivity index is 1.83. The van der Waals surface area contributed by atoms with Gasteiger partial charge in [-0.25, -0.2) is 0 Å². The molecule has 0 amide bonds. The van der Waals surface area contributed by atoms with Crippen molar-refractivity contribution in [1.29, 1.82) is 0 Å². The van der Waals surface area contributed by atoms with Crippen LogP contribution in [-0.4, -0.2) is 0 Å². The molecule has 0 nitrogen and oxygen atoms in total. The second kappa shape index (κ2) is 8.16. The summed E-state index contributed by atoms with van der Waals surface area (Å²) in [6.45, 7) is 6.72. The van der Waals surface area contributed by atoms with E-state index in [0.717, 1.165) is 6.42 Å². The van der Waals surface area contributed by atoms with Crippen LogP contribution in [0, 0.1) is 12.8 Å². The van der Waals surface area contributed by atoms with Crippen molar-refractivity contribution in [3.8, 4) is 0 Å². The van der Waals surface area contributed by atoms with Crippen molar-refractivity contribution in [1.82, 2.24) is 0 Å². The first-order valence-corrected chi connectivity index (χ1v) is 9.43. The van der Waals surface area contributed by atoms with Crippen LogP contribution < -0.4 is 0 Å². The maximum absolute atomic E-state index is 2.32. The van der Waals surface area contributed by atoms with Crippen LogP contribution >= 0.6 is 0 Å². The number of benzene rings is 3. The van der Waals surface area contributed by atoms with Gasteiger partial charge in [0.2, 0.25) is 0 Å². The lowest BCUT2D eigenvalue weighted by Gasteiger charge is -2.21. The molecule has 0 heteroatoms. The average Bonchev–Trinajstić information content (AvgIpc) is 2.66. The zero-order valence-corrected chi connectivity index (χ0v) is 15.6. The predicted octanol–water partition coefficient (Wildman–Crippen LogP) is 7.21. The minimum absolute atomic E-state index is 0.602. The molecule has 0 aliphatic carbocycles. The predicted molar refractivity (Wildman–Crippen MR) is 111 cm³/mol. The van der Waals surface area contributed by atoms with Crippen molar-refractivity contribution in [2.45, 2.75) is 40.0 Å². The molecule has 3 aromatic rings. The molecule has 0 aliphatic heterocycles. The molecule has 0 aromatic heterocycles. The third-order valence-corrected chi connectivity index (χ3v) is 5.34. The van der Waals surface area contributed by atoms with Gasteiger partial charge in [-0.2, -0.15) is 0 Å². The van der Waals surface area contributed by atoms with Gasteiger partial charge < -0.3 is 0 Å². The highest BCUT2D eigenvalue weighted by Gasteiger charge is 2.15. The van der Waals surface area contributed by atoms with Gasteiger partial charge in [0.1, 0.15) is 0 Å². The molecule has 0 saturated carbocycles. The highest BCUT2D eigenvalue weighted by atomic mass is 14.2. The normalized spacial score (nSPS) is 13.2. The molecule has 25 heavy (non-hydrogen) atoms. The molecule has 1 unspecified atom stereocenters. The summed E-state index contributed by atoms with van der Waals surface area (Å²) in [7, 11) is 0. The smallest absolute Gasteiger partial charge is 0.0152 e. The molecule has 128 valence electrons. The summed E-state index contributed by atoms with van der Waals surface area (Å²) in [4.78, 5) is 0.